The second-order valence-corrected chi connectivity index (χ2v) is 14.1. The van der Waals surface area contributed by atoms with Gasteiger partial charge in [0, 0.05) is 36.6 Å². The van der Waals surface area contributed by atoms with E-state index < -0.39 is 5.41 Å². The predicted molar refractivity (Wildman–Crippen MR) is 195 cm³/mol. The van der Waals surface area contributed by atoms with E-state index in [2.05, 4.69) is 151 Å². The fourth-order valence-electron chi connectivity index (χ4n) is 7.75. The van der Waals surface area contributed by atoms with Crippen LogP contribution in [0.1, 0.15) is 22.3 Å². The molecule has 8 aromatic rings. The Balaban J connectivity index is 1.36. The first-order valence-electron chi connectivity index (χ1n) is 15.8. The SMILES string of the molecule is c1ccc(-c2cc(-c3c4c(cc5sccc35)C3(c5ccccc5Sc5ccccc53)c3ccccc3-4)nc(-c3ccccc3)n2)cc1. The number of rotatable bonds is 3. The van der Waals surface area contributed by atoms with Crippen LogP contribution in [0.2, 0.25) is 0 Å². The topological polar surface area (TPSA) is 25.8 Å². The minimum Gasteiger partial charge on any atom is -0.228 e. The third-order valence-electron chi connectivity index (χ3n) is 9.65. The second kappa shape index (κ2) is 10.4. The van der Waals surface area contributed by atoms with Crippen LogP contribution in [0.3, 0.4) is 0 Å². The Labute approximate surface area is 281 Å². The maximum atomic E-state index is 5.39. The van der Waals surface area contributed by atoms with E-state index in [1.165, 1.54) is 58.8 Å². The van der Waals surface area contributed by atoms with Gasteiger partial charge >= 0.3 is 0 Å². The quantitative estimate of drug-likeness (QED) is 0.193. The third-order valence-corrected chi connectivity index (χ3v) is 11.7. The summed E-state index contributed by atoms with van der Waals surface area (Å²) in [6.45, 7) is 0. The van der Waals surface area contributed by atoms with Crippen LogP contribution in [0.5, 0.6) is 0 Å². The van der Waals surface area contributed by atoms with E-state index in [9.17, 15) is 0 Å². The maximum Gasteiger partial charge on any atom is 0.160 e. The van der Waals surface area contributed by atoms with Gasteiger partial charge in [0.1, 0.15) is 0 Å². The summed E-state index contributed by atoms with van der Waals surface area (Å²) >= 11 is 3.68. The van der Waals surface area contributed by atoms with Crippen molar-refractivity contribution < 1.29 is 0 Å². The number of hydrogen-bond acceptors (Lipinski definition) is 4. The van der Waals surface area contributed by atoms with Crippen LogP contribution in [-0.4, -0.2) is 9.97 Å². The van der Waals surface area contributed by atoms with E-state index >= 15 is 0 Å². The van der Waals surface area contributed by atoms with Gasteiger partial charge < -0.3 is 0 Å². The monoisotopic (exact) mass is 634 g/mol. The number of hydrogen-bond donors (Lipinski definition) is 0. The smallest absolute Gasteiger partial charge is 0.160 e. The van der Waals surface area contributed by atoms with Crippen molar-refractivity contribution in [3.63, 3.8) is 0 Å². The molecule has 1 aliphatic carbocycles. The van der Waals surface area contributed by atoms with Gasteiger partial charge in [0.25, 0.3) is 0 Å². The number of aromatic nitrogens is 2. The summed E-state index contributed by atoms with van der Waals surface area (Å²) in [5.41, 5.74) is 12.5. The highest BCUT2D eigenvalue weighted by molar-refractivity contribution is 7.99. The summed E-state index contributed by atoms with van der Waals surface area (Å²) < 4.78 is 1.26. The molecule has 0 saturated heterocycles. The standard InChI is InChI=1S/C43H26N2S2/c1-3-13-27(14-4-1)35-26-36(45-42(44-35)28-15-5-2-6-16-28)41-30-23-24-46-39(30)25-34-40(41)29-17-7-8-18-31(29)43(34)32-19-9-11-21-37(32)47-38-22-12-10-20-33(38)43/h1-26H. The molecule has 0 bridgehead atoms. The summed E-state index contributed by atoms with van der Waals surface area (Å²) in [6.07, 6.45) is 0. The van der Waals surface area contributed by atoms with Gasteiger partial charge in [0.15, 0.2) is 5.82 Å². The lowest BCUT2D eigenvalue weighted by atomic mass is 9.67. The Hall–Kier alpha value is -5.29. The minimum absolute atomic E-state index is 0.450. The zero-order valence-corrected chi connectivity index (χ0v) is 26.9. The van der Waals surface area contributed by atoms with E-state index in [4.69, 9.17) is 9.97 Å². The van der Waals surface area contributed by atoms with Crippen LogP contribution in [0.25, 0.3) is 55.1 Å². The van der Waals surface area contributed by atoms with Gasteiger partial charge in [-0.25, -0.2) is 9.97 Å². The van der Waals surface area contributed by atoms with E-state index in [1.807, 2.05) is 17.8 Å². The molecule has 0 fully saturated rings. The van der Waals surface area contributed by atoms with Crippen LogP contribution in [0.4, 0.5) is 0 Å². The molecule has 0 unspecified atom stereocenters. The Morgan fingerprint density at radius 2 is 1.06 bits per heavy atom. The molecule has 0 saturated carbocycles. The van der Waals surface area contributed by atoms with Crippen molar-refractivity contribution in [2.75, 3.05) is 0 Å². The van der Waals surface area contributed by atoms with E-state index in [0.29, 0.717) is 0 Å². The maximum absolute atomic E-state index is 5.39. The molecule has 0 N–H and O–H groups in total. The van der Waals surface area contributed by atoms with Gasteiger partial charge in [0.2, 0.25) is 0 Å². The first-order chi connectivity index (χ1) is 23.3. The molecule has 2 aliphatic rings. The molecule has 2 aromatic heterocycles. The van der Waals surface area contributed by atoms with Gasteiger partial charge in [0.05, 0.1) is 16.8 Å². The number of thiophene rings is 1. The van der Waals surface area contributed by atoms with E-state index in [0.717, 1.165) is 28.3 Å². The highest BCUT2D eigenvalue weighted by Crippen LogP contribution is 2.64. The molecular weight excluding hydrogens is 609 g/mol. The molecule has 2 nitrogen and oxygen atoms in total. The summed E-state index contributed by atoms with van der Waals surface area (Å²) in [4.78, 5) is 13.1. The Morgan fingerprint density at radius 1 is 0.468 bits per heavy atom. The van der Waals surface area contributed by atoms with Gasteiger partial charge in [-0.15, -0.1) is 11.3 Å². The van der Waals surface area contributed by atoms with E-state index in [-0.39, 0.29) is 0 Å². The van der Waals surface area contributed by atoms with Crippen LogP contribution < -0.4 is 0 Å². The van der Waals surface area contributed by atoms with Crippen LogP contribution in [0, 0.1) is 0 Å². The largest absolute Gasteiger partial charge is 0.228 e. The molecule has 0 atom stereocenters. The Kier molecular flexibility index (Phi) is 5.93. The van der Waals surface area contributed by atoms with Crippen molar-refractivity contribution >= 4 is 33.2 Å². The zero-order valence-electron chi connectivity index (χ0n) is 25.2. The van der Waals surface area contributed by atoms with Gasteiger partial charge in [-0.3, -0.25) is 0 Å². The summed E-state index contributed by atoms with van der Waals surface area (Å²) in [5.74, 6) is 0.730. The first kappa shape index (κ1) is 26.9. The number of nitrogens with zero attached hydrogens (tertiary/aromatic N) is 2. The van der Waals surface area contributed by atoms with Gasteiger partial charge in [-0.2, -0.15) is 0 Å². The van der Waals surface area contributed by atoms with Crippen LogP contribution >= 0.6 is 23.1 Å². The molecular formula is C43H26N2S2. The van der Waals surface area contributed by atoms with Crippen molar-refractivity contribution in [1.29, 1.82) is 0 Å². The van der Waals surface area contributed by atoms with Crippen molar-refractivity contribution in [2.24, 2.45) is 0 Å². The average Bonchev–Trinajstić information content (AvgIpc) is 3.73. The van der Waals surface area contributed by atoms with Crippen molar-refractivity contribution in [3.05, 3.63) is 179 Å². The fraction of sp³-hybridized carbons (Fsp3) is 0.0233. The van der Waals surface area contributed by atoms with Crippen molar-refractivity contribution in [2.45, 2.75) is 15.2 Å². The van der Waals surface area contributed by atoms with Crippen LogP contribution in [0.15, 0.2) is 167 Å². The molecule has 0 amide bonds. The lowest BCUT2D eigenvalue weighted by molar-refractivity contribution is 0.723. The Bertz CT molecular complexity index is 2400. The lowest BCUT2D eigenvalue weighted by Gasteiger charge is -2.39. The molecule has 6 aromatic carbocycles. The molecule has 4 heteroatoms. The number of fused-ring (bicyclic) bond motifs is 10. The first-order valence-corrected chi connectivity index (χ1v) is 17.5. The molecule has 1 spiro atoms. The highest BCUT2D eigenvalue weighted by atomic mass is 32.2. The molecule has 1 aliphatic heterocycles. The summed E-state index contributed by atoms with van der Waals surface area (Å²) in [6, 6.07) is 54.8. The molecule has 0 radical (unpaired) electrons. The molecule has 47 heavy (non-hydrogen) atoms. The zero-order chi connectivity index (χ0) is 31.0. The van der Waals surface area contributed by atoms with Crippen molar-refractivity contribution in [1.82, 2.24) is 9.97 Å². The lowest BCUT2D eigenvalue weighted by Crippen LogP contribution is -2.31. The van der Waals surface area contributed by atoms with Gasteiger partial charge in [-0.1, -0.05) is 133 Å². The van der Waals surface area contributed by atoms with Crippen LogP contribution in [-0.2, 0) is 5.41 Å². The number of benzene rings is 6. The Morgan fingerprint density at radius 3 is 1.79 bits per heavy atom. The molecule has 10 rings (SSSR count). The highest BCUT2D eigenvalue weighted by Gasteiger charge is 2.51. The normalized spacial score (nSPS) is 13.6. The van der Waals surface area contributed by atoms with Crippen molar-refractivity contribution in [3.8, 4) is 45.0 Å². The minimum atomic E-state index is -0.450. The third kappa shape index (κ3) is 3.86. The summed E-state index contributed by atoms with van der Waals surface area (Å²) in [5, 5.41) is 3.45. The second-order valence-electron chi connectivity index (χ2n) is 12.1. The van der Waals surface area contributed by atoms with E-state index in [1.54, 1.807) is 11.3 Å². The molecule has 220 valence electrons. The molecule has 3 heterocycles. The summed E-state index contributed by atoms with van der Waals surface area (Å²) in [7, 11) is 0. The van der Waals surface area contributed by atoms with Gasteiger partial charge in [-0.05, 0) is 69.1 Å². The average molecular weight is 635 g/mol. The fourth-order valence-corrected chi connectivity index (χ4v) is 9.78. The predicted octanol–water partition coefficient (Wildman–Crippen LogP) is 11.5.